The number of nitrogens with one attached hydrogen (secondary N) is 1. The van der Waals surface area contributed by atoms with Crippen molar-refractivity contribution < 1.29 is 18.0 Å². The van der Waals surface area contributed by atoms with Crippen LogP contribution in [0.3, 0.4) is 0 Å². The van der Waals surface area contributed by atoms with E-state index in [-0.39, 0.29) is 35.6 Å². The van der Waals surface area contributed by atoms with Crippen LogP contribution >= 0.6 is 15.9 Å². The van der Waals surface area contributed by atoms with Gasteiger partial charge in [0.05, 0.1) is 0 Å². The van der Waals surface area contributed by atoms with Crippen LogP contribution in [0.2, 0.25) is 0 Å². The molecule has 27 heavy (non-hydrogen) atoms. The van der Waals surface area contributed by atoms with Crippen molar-refractivity contribution in [2.24, 2.45) is 5.92 Å². The van der Waals surface area contributed by atoms with Crippen molar-refractivity contribution in [3.8, 4) is 0 Å². The predicted molar refractivity (Wildman–Crippen MR) is 96.5 cm³/mol. The molecule has 5 nitrogen and oxygen atoms in total. The van der Waals surface area contributed by atoms with Crippen molar-refractivity contribution in [1.82, 2.24) is 14.6 Å². The Morgan fingerprint density at radius 3 is 2.63 bits per heavy atom. The third-order valence-corrected chi connectivity index (χ3v) is 5.13. The van der Waals surface area contributed by atoms with E-state index in [1.807, 2.05) is 30.3 Å². The summed E-state index contributed by atoms with van der Waals surface area (Å²) < 4.78 is 41.1. The lowest BCUT2D eigenvalue weighted by molar-refractivity contribution is -0.141. The molecule has 1 aliphatic rings. The number of carbonyl (C=O) groups excluding carboxylic acids is 1. The molecule has 1 fully saturated rings. The number of carbonyl (C=O) groups is 1. The minimum atomic E-state index is -4.58. The summed E-state index contributed by atoms with van der Waals surface area (Å²) >= 11 is 3.15. The molecule has 1 aromatic carbocycles. The van der Waals surface area contributed by atoms with Gasteiger partial charge >= 0.3 is 6.18 Å². The van der Waals surface area contributed by atoms with Crippen molar-refractivity contribution in [1.29, 1.82) is 0 Å². The Morgan fingerprint density at radius 1 is 1.22 bits per heavy atom. The van der Waals surface area contributed by atoms with Crippen molar-refractivity contribution >= 4 is 33.2 Å². The van der Waals surface area contributed by atoms with Crippen LogP contribution in [0.15, 0.2) is 47.1 Å². The highest BCUT2D eigenvalue weighted by molar-refractivity contribution is 9.10. The first-order chi connectivity index (χ1) is 12.8. The Morgan fingerprint density at radius 2 is 1.96 bits per heavy atom. The summed E-state index contributed by atoms with van der Waals surface area (Å²) in [5, 5.41) is 7.07. The van der Waals surface area contributed by atoms with E-state index in [0.717, 1.165) is 11.6 Å². The number of ketones is 1. The molecule has 0 aliphatic heterocycles. The largest absolute Gasteiger partial charge is 0.433 e. The first kappa shape index (κ1) is 18.0. The lowest BCUT2D eigenvalue weighted by atomic mass is 9.69. The second-order valence-electron chi connectivity index (χ2n) is 6.44. The smallest absolute Gasteiger partial charge is 0.369 e. The standard InChI is InChI=1S/C18H14BrF3N4O/c19-15-8-17-24-14(18(20,21)22)7-16(26(17)25-15)23-9-12-11(6-13(12)27)10-4-2-1-3-5-10/h1-5,7-8,11-12,23H,6,9H2. The Labute approximate surface area is 160 Å². The van der Waals surface area contributed by atoms with Gasteiger partial charge in [0.25, 0.3) is 0 Å². The molecule has 2 unspecified atom stereocenters. The van der Waals surface area contributed by atoms with Crippen LogP contribution in [0.25, 0.3) is 5.65 Å². The van der Waals surface area contributed by atoms with Gasteiger partial charge in [-0.1, -0.05) is 30.3 Å². The van der Waals surface area contributed by atoms with E-state index in [1.165, 1.54) is 10.6 Å². The molecule has 3 aromatic rings. The molecule has 140 valence electrons. The SMILES string of the molecule is O=C1CC(c2ccccc2)C1CNc1cc(C(F)(F)F)nc2cc(Br)nn12. The Kier molecular flexibility index (Phi) is 4.41. The third kappa shape index (κ3) is 3.43. The quantitative estimate of drug-likeness (QED) is 0.659. The highest BCUT2D eigenvalue weighted by Crippen LogP contribution is 2.39. The van der Waals surface area contributed by atoms with E-state index in [0.29, 0.717) is 11.0 Å². The summed E-state index contributed by atoms with van der Waals surface area (Å²) in [6, 6.07) is 12.0. The average Bonchev–Trinajstić information content (AvgIpc) is 3.00. The lowest BCUT2D eigenvalue weighted by Gasteiger charge is -2.35. The predicted octanol–water partition coefficient (Wildman–Crippen LogP) is 4.30. The van der Waals surface area contributed by atoms with Gasteiger partial charge in [0, 0.05) is 36.9 Å². The molecule has 2 aromatic heterocycles. The van der Waals surface area contributed by atoms with Gasteiger partial charge in [0.2, 0.25) is 0 Å². The molecule has 1 N–H and O–H groups in total. The number of fused-ring (bicyclic) bond motifs is 1. The summed E-state index contributed by atoms with van der Waals surface area (Å²) in [6.45, 7) is 0.228. The molecule has 0 radical (unpaired) electrons. The summed E-state index contributed by atoms with van der Waals surface area (Å²) in [5.41, 5.74) is 0.116. The van der Waals surface area contributed by atoms with Gasteiger partial charge in [-0.05, 0) is 21.5 Å². The summed E-state index contributed by atoms with van der Waals surface area (Å²) in [4.78, 5) is 15.7. The Balaban J connectivity index is 1.60. The van der Waals surface area contributed by atoms with Gasteiger partial charge in [-0.3, -0.25) is 4.79 Å². The van der Waals surface area contributed by atoms with E-state index in [2.05, 4.69) is 31.3 Å². The average molecular weight is 439 g/mol. The zero-order valence-corrected chi connectivity index (χ0v) is 15.5. The minimum absolute atomic E-state index is 0.0648. The van der Waals surface area contributed by atoms with Gasteiger partial charge in [-0.25, -0.2) is 4.98 Å². The number of hydrogen-bond acceptors (Lipinski definition) is 4. The molecule has 0 spiro atoms. The second-order valence-corrected chi connectivity index (χ2v) is 7.25. The second kappa shape index (κ2) is 6.63. The van der Waals surface area contributed by atoms with Gasteiger partial charge in [0.15, 0.2) is 11.3 Å². The maximum atomic E-state index is 13.1. The van der Waals surface area contributed by atoms with Crippen molar-refractivity contribution in [3.63, 3.8) is 0 Å². The van der Waals surface area contributed by atoms with Crippen LogP contribution in [0.5, 0.6) is 0 Å². The van der Waals surface area contributed by atoms with Crippen LogP contribution in [0.4, 0.5) is 19.0 Å². The van der Waals surface area contributed by atoms with Gasteiger partial charge in [0.1, 0.15) is 16.2 Å². The molecular weight excluding hydrogens is 425 g/mol. The summed E-state index contributed by atoms with van der Waals surface area (Å²) in [7, 11) is 0. The van der Waals surface area contributed by atoms with Gasteiger partial charge in [-0.2, -0.15) is 22.8 Å². The van der Waals surface area contributed by atoms with E-state index in [1.54, 1.807) is 0 Å². The fourth-order valence-corrected chi connectivity index (χ4v) is 3.68. The molecule has 2 heterocycles. The molecule has 0 bridgehead atoms. The molecule has 9 heteroatoms. The van der Waals surface area contributed by atoms with Crippen LogP contribution in [0, 0.1) is 5.92 Å². The normalized spacial score (nSPS) is 19.9. The van der Waals surface area contributed by atoms with E-state index >= 15 is 0 Å². The number of hydrogen-bond donors (Lipinski definition) is 1. The molecule has 4 rings (SSSR count). The van der Waals surface area contributed by atoms with Gasteiger partial charge < -0.3 is 5.32 Å². The maximum Gasteiger partial charge on any atom is 0.433 e. The zero-order valence-electron chi connectivity index (χ0n) is 13.9. The Hall–Kier alpha value is -2.42. The van der Waals surface area contributed by atoms with Crippen LogP contribution in [-0.2, 0) is 11.0 Å². The number of nitrogens with zero attached hydrogens (tertiary/aromatic N) is 3. The number of anilines is 1. The summed E-state index contributed by atoms with van der Waals surface area (Å²) in [5.74, 6) is 0.0165. The summed E-state index contributed by atoms with van der Waals surface area (Å²) in [6.07, 6.45) is -4.13. The molecule has 2 atom stereocenters. The zero-order chi connectivity index (χ0) is 19.2. The van der Waals surface area contributed by atoms with E-state index in [9.17, 15) is 18.0 Å². The minimum Gasteiger partial charge on any atom is -0.369 e. The third-order valence-electron chi connectivity index (χ3n) is 4.74. The molecule has 0 amide bonds. The molecule has 0 saturated heterocycles. The van der Waals surface area contributed by atoms with Crippen molar-refractivity contribution in [2.45, 2.75) is 18.5 Å². The lowest BCUT2D eigenvalue weighted by Crippen LogP contribution is -2.40. The van der Waals surface area contributed by atoms with E-state index in [4.69, 9.17) is 0 Å². The number of aromatic nitrogens is 3. The monoisotopic (exact) mass is 438 g/mol. The first-order valence-electron chi connectivity index (χ1n) is 8.28. The molecule has 1 saturated carbocycles. The molecule has 1 aliphatic carbocycles. The fourth-order valence-electron chi connectivity index (χ4n) is 3.31. The number of benzene rings is 1. The van der Waals surface area contributed by atoms with Crippen LogP contribution < -0.4 is 5.32 Å². The Bertz CT molecular complexity index is 1000. The number of rotatable bonds is 4. The highest BCUT2D eigenvalue weighted by atomic mass is 79.9. The van der Waals surface area contributed by atoms with Gasteiger partial charge in [-0.15, -0.1) is 0 Å². The maximum absolute atomic E-state index is 13.1. The van der Waals surface area contributed by atoms with E-state index < -0.39 is 11.9 Å². The number of halogens is 4. The van der Waals surface area contributed by atoms with Crippen LogP contribution in [0.1, 0.15) is 23.6 Å². The van der Waals surface area contributed by atoms with Crippen molar-refractivity contribution in [3.05, 3.63) is 58.3 Å². The van der Waals surface area contributed by atoms with Crippen LogP contribution in [-0.4, -0.2) is 26.9 Å². The number of Topliss-reactive ketones (excluding diaryl/α,β-unsaturated/α-hetero) is 1. The number of alkyl halides is 3. The fraction of sp³-hybridized carbons (Fsp3) is 0.278. The molecular formula is C18H14BrF3N4O. The van der Waals surface area contributed by atoms with Crippen molar-refractivity contribution in [2.75, 3.05) is 11.9 Å². The highest BCUT2D eigenvalue weighted by Gasteiger charge is 2.40. The first-order valence-corrected chi connectivity index (χ1v) is 9.07. The topological polar surface area (TPSA) is 59.3 Å².